The van der Waals surface area contributed by atoms with Gasteiger partial charge in [-0.15, -0.1) is 11.3 Å². The van der Waals surface area contributed by atoms with E-state index in [1.165, 1.54) is 17.4 Å². The van der Waals surface area contributed by atoms with Crippen molar-refractivity contribution in [3.05, 3.63) is 93.7 Å². The third-order valence-electron chi connectivity index (χ3n) is 4.72. The van der Waals surface area contributed by atoms with Crippen LogP contribution >= 0.6 is 11.3 Å². The Bertz CT molecular complexity index is 1280. The number of nitrogens with zero attached hydrogens (tertiary/aromatic N) is 1. The summed E-state index contributed by atoms with van der Waals surface area (Å²) < 4.78 is 4.98. The maximum Gasteiger partial charge on any atom is 0.330 e. The van der Waals surface area contributed by atoms with E-state index in [0.717, 1.165) is 32.8 Å². The van der Waals surface area contributed by atoms with Crippen LogP contribution in [0.5, 0.6) is 0 Å². The van der Waals surface area contributed by atoms with Gasteiger partial charge in [0.2, 0.25) is 0 Å². The smallest absolute Gasteiger partial charge is 0.330 e. The van der Waals surface area contributed by atoms with E-state index in [1.54, 1.807) is 25.4 Å². The van der Waals surface area contributed by atoms with Crippen LogP contribution in [0.1, 0.15) is 11.8 Å². The highest BCUT2D eigenvalue weighted by Crippen LogP contribution is 2.39. The van der Waals surface area contributed by atoms with Crippen LogP contribution in [-0.2, 0) is 9.53 Å². The van der Waals surface area contributed by atoms with Crippen molar-refractivity contribution in [2.75, 3.05) is 6.61 Å². The first-order valence-electron chi connectivity index (χ1n) is 9.84. The lowest BCUT2D eigenvalue weighted by Gasteiger charge is -2.14. The minimum absolute atomic E-state index is 0.206. The van der Waals surface area contributed by atoms with E-state index in [-0.39, 0.29) is 5.56 Å². The Morgan fingerprint density at radius 3 is 2.61 bits per heavy atom. The molecule has 0 unspecified atom stereocenters. The number of carbonyl (C=O) groups excluding carboxylic acids is 1. The molecule has 31 heavy (non-hydrogen) atoms. The van der Waals surface area contributed by atoms with Crippen LogP contribution in [0.2, 0.25) is 0 Å². The molecule has 0 radical (unpaired) electrons. The largest absolute Gasteiger partial charge is 0.463 e. The molecule has 4 aromatic rings. The van der Waals surface area contributed by atoms with Crippen molar-refractivity contribution in [2.24, 2.45) is 0 Å². The lowest BCUT2D eigenvalue weighted by molar-refractivity contribution is -0.137. The zero-order valence-corrected chi connectivity index (χ0v) is 17.7. The van der Waals surface area contributed by atoms with E-state index in [0.29, 0.717) is 12.2 Å². The summed E-state index contributed by atoms with van der Waals surface area (Å²) in [6, 6.07) is 17.4. The number of thiophene rings is 1. The molecule has 0 aliphatic heterocycles. The Morgan fingerprint density at radius 1 is 1.06 bits per heavy atom. The first-order chi connectivity index (χ1) is 15.2. The zero-order valence-electron chi connectivity index (χ0n) is 16.9. The second-order valence-corrected chi connectivity index (χ2v) is 7.59. The van der Waals surface area contributed by atoms with Gasteiger partial charge < -0.3 is 9.72 Å². The molecule has 0 aliphatic rings. The van der Waals surface area contributed by atoms with E-state index in [2.05, 4.69) is 9.97 Å². The second-order valence-electron chi connectivity index (χ2n) is 6.65. The molecule has 0 aliphatic carbocycles. The molecule has 0 saturated heterocycles. The lowest BCUT2D eigenvalue weighted by atomic mass is 9.91. The molecule has 0 bridgehead atoms. The monoisotopic (exact) mass is 428 g/mol. The molecule has 0 atom stereocenters. The molecule has 4 rings (SSSR count). The van der Waals surface area contributed by atoms with Gasteiger partial charge in [0.25, 0.3) is 5.56 Å². The summed E-state index contributed by atoms with van der Waals surface area (Å²) >= 11 is 1.46. The highest BCUT2D eigenvalue weighted by Gasteiger charge is 2.20. The Morgan fingerprint density at radius 2 is 1.87 bits per heavy atom. The van der Waals surface area contributed by atoms with Crippen molar-refractivity contribution in [2.45, 2.75) is 6.92 Å². The number of aromatic nitrogens is 2. The quantitative estimate of drug-likeness (QED) is 0.329. The number of H-pyrrole nitrogens is 1. The van der Waals surface area contributed by atoms with E-state index < -0.39 is 5.97 Å². The number of nitrogens with one attached hydrogen (secondary N) is 1. The van der Waals surface area contributed by atoms with Crippen LogP contribution in [0, 0.1) is 0 Å². The summed E-state index contributed by atoms with van der Waals surface area (Å²) in [6.07, 6.45) is 6.52. The number of rotatable bonds is 6. The number of pyridine rings is 2. The average Bonchev–Trinajstić information content (AvgIpc) is 3.27. The van der Waals surface area contributed by atoms with Gasteiger partial charge in [0.1, 0.15) is 0 Å². The average molecular weight is 429 g/mol. The van der Waals surface area contributed by atoms with Gasteiger partial charge >= 0.3 is 5.97 Å². The first kappa shape index (κ1) is 20.5. The van der Waals surface area contributed by atoms with Gasteiger partial charge in [-0.2, -0.15) is 0 Å². The van der Waals surface area contributed by atoms with Crippen LogP contribution < -0.4 is 5.56 Å². The molecule has 0 spiro atoms. The fourth-order valence-corrected chi connectivity index (χ4v) is 4.20. The van der Waals surface area contributed by atoms with E-state index in [4.69, 9.17) is 4.74 Å². The Kier molecular flexibility index (Phi) is 6.19. The van der Waals surface area contributed by atoms with Gasteiger partial charge in [0.05, 0.1) is 17.9 Å². The highest BCUT2D eigenvalue weighted by atomic mass is 32.1. The summed E-state index contributed by atoms with van der Waals surface area (Å²) in [5, 5.41) is 1.90. The van der Waals surface area contributed by atoms with Crippen LogP contribution in [0.15, 0.2) is 83.2 Å². The standard InChI is InChI=1S/C25H20N2O3S/c1-2-30-22(28)12-11-21-18(13-15-31-21)24-23(17-8-4-3-5-9-17)19(16-27-25(24)29)20-10-6-7-14-26-20/h3-16H,2H2,1H3,(H,27,29). The number of esters is 1. The van der Waals surface area contributed by atoms with Crippen molar-refractivity contribution in [1.29, 1.82) is 0 Å². The SMILES string of the molecule is CCOC(=O)C=Cc1sccc1-c1c(-c2ccccc2)c(-c2ccccn2)c[nH]c1=O. The molecule has 5 nitrogen and oxygen atoms in total. The molecule has 3 aromatic heterocycles. The van der Waals surface area contributed by atoms with Gasteiger partial charge in [-0.25, -0.2) is 4.79 Å². The zero-order chi connectivity index (χ0) is 21.6. The molecule has 0 saturated carbocycles. The molecular formula is C25H20N2O3S. The predicted octanol–water partition coefficient (Wildman–Crippen LogP) is 5.41. The Labute approximate surface area is 183 Å². The second kappa shape index (κ2) is 9.36. The topological polar surface area (TPSA) is 72.0 Å². The van der Waals surface area contributed by atoms with Crippen molar-refractivity contribution in [3.8, 4) is 33.5 Å². The van der Waals surface area contributed by atoms with Gasteiger partial charge in [-0.1, -0.05) is 36.4 Å². The number of hydrogen-bond donors (Lipinski definition) is 1. The third-order valence-corrected chi connectivity index (χ3v) is 5.60. The van der Waals surface area contributed by atoms with Crippen molar-refractivity contribution < 1.29 is 9.53 Å². The molecule has 0 amide bonds. The van der Waals surface area contributed by atoms with Crippen molar-refractivity contribution >= 4 is 23.4 Å². The summed E-state index contributed by atoms with van der Waals surface area (Å²) in [5.74, 6) is -0.415. The van der Waals surface area contributed by atoms with Crippen LogP contribution in [-0.4, -0.2) is 22.5 Å². The number of aromatic amines is 1. The number of benzene rings is 1. The molecule has 1 N–H and O–H groups in total. The molecule has 6 heteroatoms. The van der Waals surface area contributed by atoms with E-state index in [1.807, 2.05) is 60.0 Å². The normalized spacial score (nSPS) is 11.0. The van der Waals surface area contributed by atoms with Gasteiger partial charge in [0.15, 0.2) is 0 Å². The molecule has 0 fully saturated rings. The van der Waals surface area contributed by atoms with Gasteiger partial charge in [0, 0.05) is 40.0 Å². The van der Waals surface area contributed by atoms with E-state index >= 15 is 0 Å². The number of hydrogen-bond acceptors (Lipinski definition) is 5. The van der Waals surface area contributed by atoms with Crippen molar-refractivity contribution in [3.63, 3.8) is 0 Å². The lowest BCUT2D eigenvalue weighted by Crippen LogP contribution is -2.11. The fraction of sp³-hybridized carbons (Fsp3) is 0.0800. The van der Waals surface area contributed by atoms with Crippen molar-refractivity contribution in [1.82, 2.24) is 9.97 Å². The van der Waals surface area contributed by atoms with Crippen LogP contribution in [0.3, 0.4) is 0 Å². The summed E-state index contributed by atoms with van der Waals surface area (Å²) in [5.41, 5.74) is 4.39. The van der Waals surface area contributed by atoms with Gasteiger partial charge in [-0.3, -0.25) is 9.78 Å². The molecular weight excluding hydrogens is 408 g/mol. The summed E-state index contributed by atoms with van der Waals surface area (Å²) in [6.45, 7) is 2.07. The minimum Gasteiger partial charge on any atom is -0.463 e. The molecule has 3 heterocycles. The van der Waals surface area contributed by atoms with Gasteiger partial charge in [-0.05, 0) is 42.1 Å². The molecule has 154 valence electrons. The predicted molar refractivity (Wildman–Crippen MR) is 125 cm³/mol. The minimum atomic E-state index is -0.415. The Hall–Kier alpha value is -3.77. The van der Waals surface area contributed by atoms with Crippen LogP contribution in [0.25, 0.3) is 39.6 Å². The summed E-state index contributed by atoms with van der Waals surface area (Å²) in [4.78, 5) is 33.1. The maximum atomic E-state index is 13.1. The fourth-order valence-electron chi connectivity index (χ4n) is 3.41. The molecule has 1 aromatic carbocycles. The number of ether oxygens (including phenoxy) is 1. The number of carbonyl (C=O) groups is 1. The third kappa shape index (κ3) is 4.39. The maximum absolute atomic E-state index is 13.1. The summed E-state index contributed by atoms with van der Waals surface area (Å²) in [7, 11) is 0. The van der Waals surface area contributed by atoms with E-state index in [9.17, 15) is 9.59 Å². The first-order valence-corrected chi connectivity index (χ1v) is 10.7. The Balaban J connectivity index is 1.95. The van der Waals surface area contributed by atoms with Crippen LogP contribution in [0.4, 0.5) is 0 Å². The highest BCUT2D eigenvalue weighted by molar-refractivity contribution is 7.11.